The lowest BCUT2D eigenvalue weighted by atomic mass is 9.89. The quantitative estimate of drug-likeness (QED) is 0.163. The maximum atomic E-state index is 15.2. The average Bonchev–Trinajstić information content (AvgIpc) is 3.55. The van der Waals surface area contributed by atoms with E-state index >= 15 is 4.39 Å². The van der Waals surface area contributed by atoms with Gasteiger partial charge in [0.05, 0.1) is 17.5 Å². The minimum atomic E-state index is -2.33. The van der Waals surface area contributed by atoms with E-state index < -0.39 is 22.8 Å². The first-order chi connectivity index (χ1) is 20.7. The number of halogens is 2. The highest BCUT2D eigenvalue weighted by molar-refractivity contribution is 7.82. The van der Waals surface area contributed by atoms with Crippen LogP contribution >= 0.6 is 11.3 Å². The molecule has 2 aliphatic carbocycles. The third-order valence-electron chi connectivity index (χ3n) is 8.07. The molecule has 2 unspecified atom stereocenters. The van der Waals surface area contributed by atoms with Crippen molar-refractivity contribution in [3.63, 3.8) is 0 Å². The summed E-state index contributed by atoms with van der Waals surface area (Å²) < 4.78 is 49.0. The number of nitrogens with zero attached hydrogens (tertiary/aromatic N) is 3. The molecule has 0 radical (unpaired) electrons. The zero-order valence-electron chi connectivity index (χ0n) is 23.9. The van der Waals surface area contributed by atoms with Crippen LogP contribution in [0.5, 0.6) is 0 Å². The summed E-state index contributed by atoms with van der Waals surface area (Å²) in [4.78, 5) is 15.9. The van der Waals surface area contributed by atoms with Crippen LogP contribution in [0.15, 0.2) is 52.7 Å². The number of rotatable bonds is 10. The second kappa shape index (κ2) is 13.2. The van der Waals surface area contributed by atoms with Crippen LogP contribution in [0.1, 0.15) is 65.0 Å². The maximum absolute atomic E-state index is 15.2. The van der Waals surface area contributed by atoms with Crippen LogP contribution in [-0.2, 0) is 32.8 Å². The molecule has 2 aromatic carbocycles. The molecule has 4 N–H and O–H groups in total. The maximum Gasteiger partial charge on any atom is 0.355 e. The standard InChI is InChI=1S/C31H30F2N4O4S2.H2O/c1-41-21-8-5-19(6-9-21)22-15-20(7-10-24(22)32)29-23(12-18-4-11-28(43(34)40)25(33)13-18)27(14-17-2-3-17)37(36-29)31-35-26(16-42-31)30(38)39;/h4-5,7,10-11,13,15-17,21H,2-3,6,8-9,12,14H2,1H3,(H2,34,40)(H,38,39);1H2. The van der Waals surface area contributed by atoms with E-state index in [4.69, 9.17) is 15.0 Å². The van der Waals surface area contributed by atoms with Crippen molar-refractivity contribution in [3.05, 3.63) is 87.6 Å². The van der Waals surface area contributed by atoms with Gasteiger partial charge < -0.3 is 15.3 Å². The van der Waals surface area contributed by atoms with E-state index in [0.717, 1.165) is 36.1 Å². The Bertz CT molecular complexity index is 1770. The molecule has 1 fully saturated rings. The molecular weight excluding hydrogens is 610 g/mol. The monoisotopic (exact) mass is 642 g/mol. The second-order valence-electron chi connectivity index (χ2n) is 11.0. The zero-order chi connectivity index (χ0) is 30.2. The summed E-state index contributed by atoms with van der Waals surface area (Å²) in [5.74, 6) is -1.67. The van der Waals surface area contributed by atoms with Gasteiger partial charge in [-0.3, -0.25) is 0 Å². The summed E-state index contributed by atoms with van der Waals surface area (Å²) in [7, 11) is -0.652. The molecule has 2 aromatic heterocycles. The number of methoxy groups -OCH3 is 1. The van der Waals surface area contributed by atoms with Gasteiger partial charge in [-0.15, -0.1) is 16.5 Å². The van der Waals surface area contributed by atoms with Gasteiger partial charge in [0, 0.05) is 35.6 Å². The van der Waals surface area contributed by atoms with Gasteiger partial charge >= 0.3 is 5.97 Å². The first-order valence-corrected chi connectivity index (χ1v) is 16.2. The number of allylic oxidation sites excluding steroid dienone is 1. The van der Waals surface area contributed by atoms with Crippen LogP contribution in [0.3, 0.4) is 0 Å². The number of thiazole rings is 1. The van der Waals surface area contributed by atoms with Gasteiger partial charge in [0.25, 0.3) is 0 Å². The number of ether oxygens (including phenoxy) is 1. The third kappa shape index (κ3) is 6.57. The van der Waals surface area contributed by atoms with Gasteiger partial charge in [0.2, 0.25) is 10.0 Å². The molecule has 13 heteroatoms. The average molecular weight is 643 g/mol. The molecule has 44 heavy (non-hydrogen) atoms. The Hall–Kier alpha value is -3.62. The molecular formula is C31H32F2N4O5S2. The fraction of sp³-hybridized carbons (Fsp3) is 0.323. The van der Waals surface area contributed by atoms with Crippen molar-refractivity contribution in [2.24, 2.45) is 11.1 Å². The van der Waals surface area contributed by atoms with Gasteiger partial charge in [0.1, 0.15) is 5.82 Å². The van der Waals surface area contributed by atoms with Crippen molar-refractivity contribution in [2.45, 2.75) is 55.9 Å². The molecule has 4 aromatic rings. The Labute approximate surface area is 259 Å². The highest BCUT2D eigenvalue weighted by Crippen LogP contribution is 2.39. The fourth-order valence-corrected chi connectivity index (χ4v) is 6.83. The summed E-state index contributed by atoms with van der Waals surface area (Å²) in [5.41, 5.74) is 4.91. The minimum absolute atomic E-state index is 0. The highest BCUT2D eigenvalue weighted by atomic mass is 32.2. The predicted molar refractivity (Wildman–Crippen MR) is 164 cm³/mol. The van der Waals surface area contributed by atoms with Crippen molar-refractivity contribution in [3.8, 4) is 16.4 Å². The lowest BCUT2D eigenvalue weighted by Crippen LogP contribution is -2.13. The van der Waals surface area contributed by atoms with Crippen LogP contribution in [0.4, 0.5) is 8.78 Å². The van der Waals surface area contributed by atoms with E-state index in [1.165, 1.54) is 34.9 Å². The first kappa shape index (κ1) is 31.8. The molecule has 0 spiro atoms. The molecule has 0 aliphatic heterocycles. The number of hydrogen-bond donors (Lipinski definition) is 2. The number of carboxylic acids is 1. The van der Waals surface area contributed by atoms with E-state index in [1.54, 1.807) is 30.0 Å². The lowest BCUT2D eigenvalue weighted by Gasteiger charge is -2.21. The Morgan fingerprint density at radius 2 is 1.98 bits per heavy atom. The number of carbonyl (C=O) groups is 1. The number of nitrogens with two attached hydrogens (primary N) is 1. The normalized spacial score (nSPS) is 17.2. The van der Waals surface area contributed by atoms with E-state index in [-0.39, 0.29) is 34.4 Å². The summed E-state index contributed by atoms with van der Waals surface area (Å²) in [5, 5.41) is 21.8. The summed E-state index contributed by atoms with van der Waals surface area (Å²) in [6, 6.07) is 9.39. The molecule has 1 saturated carbocycles. The Morgan fingerprint density at radius 3 is 2.59 bits per heavy atom. The van der Waals surface area contributed by atoms with Gasteiger partial charge in [-0.2, -0.15) is 5.10 Å². The van der Waals surface area contributed by atoms with Crippen molar-refractivity contribution in [1.82, 2.24) is 14.8 Å². The number of benzene rings is 2. The zero-order valence-corrected chi connectivity index (χ0v) is 25.6. The van der Waals surface area contributed by atoms with Crippen LogP contribution < -0.4 is 5.14 Å². The summed E-state index contributed by atoms with van der Waals surface area (Å²) in [6.45, 7) is 0. The predicted octanol–water partition coefficient (Wildman–Crippen LogP) is 5.85. The van der Waals surface area contributed by atoms with Crippen LogP contribution in [0.25, 0.3) is 22.0 Å². The van der Waals surface area contributed by atoms with Gasteiger partial charge in [-0.1, -0.05) is 16.4 Å². The molecule has 0 saturated heterocycles. The first-order valence-electron chi connectivity index (χ1n) is 14.0. The molecule has 6 rings (SSSR count). The lowest BCUT2D eigenvalue weighted by molar-refractivity contribution is 0.0691. The molecule has 2 heterocycles. The number of thiol groups is 1. The van der Waals surface area contributed by atoms with E-state index in [0.29, 0.717) is 52.7 Å². The third-order valence-corrected chi connectivity index (χ3v) is 9.73. The smallest absolute Gasteiger partial charge is 0.355 e. The van der Waals surface area contributed by atoms with Crippen molar-refractivity contribution in [1.29, 1.82) is 0 Å². The Balaban J connectivity index is 0.00000384. The number of aromatic nitrogens is 3. The van der Waals surface area contributed by atoms with Crippen LogP contribution in [-0.4, -0.2) is 44.5 Å². The number of aromatic carboxylic acids is 1. The van der Waals surface area contributed by atoms with Crippen LogP contribution in [0, 0.1) is 17.6 Å². The molecule has 2 aliphatic rings. The number of hydrogen-bond acceptors (Lipinski definition) is 7. The Kier molecular flexibility index (Phi) is 9.51. The minimum Gasteiger partial charge on any atom is -0.870 e. The SMILES string of the molecule is COC1CC=C(c2cc(-c3nn(-c4nc(C(=O)O)cs4)c(CC4CC4)c3Cc3ccc([SH+](N)=O)c(F)c3)ccc2F)CC1.[OH-]. The largest absolute Gasteiger partial charge is 0.870 e. The van der Waals surface area contributed by atoms with Crippen LogP contribution in [0.2, 0.25) is 0 Å². The van der Waals surface area contributed by atoms with E-state index in [1.807, 2.05) is 6.08 Å². The highest BCUT2D eigenvalue weighted by Gasteiger charge is 2.30. The van der Waals surface area contributed by atoms with Crippen molar-refractivity contribution < 1.29 is 33.1 Å². The second-order valence-corrected chi connectivity index (χ2v) is 13.0. The fourth-order valence-electron chi connectivity index (χ4n) is 5.56. The molecule has 232 valence electrons. The topological polar surface area (TPSA) is 150 Å². The van der Waals surface area contributed by atoms with Gasteiger partial charge in [0.15, 0.2) is 22.5 Å². The molecule has 0 amide bonds. The van der Waals surface area contributed by atoms with Crippen molar-refractivity contribution >= 4 is 33.9 Å². The molecule has 2 atom stereocenters. The van der Waals surface area contributed by atoms with E-state index in [9.17, 15) is 18.5 Å². The number of carboxylic acid groups (broad SMARTS) is 1. The summed E-state index contributed by atoms with van der Waals surface area (Å²) in [6.07, 6.45) is 7.39. The van der Waals surface area contributed by atoms with Gasteiger partial charge in [-0.05, 0) is 85.9 Å². The van der Waals surface area contributed by atoms with Gasteiger partial charge in [-0.25, -0.2) is 23.2 Å². The Morgan fingerprint density at radius 1 is 1.18 bits per heavy atom. The molecule has 0 bridgehead atoms. The van der Waals surface area contributed by atoms with Crippen molar-refractivity contribution in [2.75, 3.05) is 7.11 Å². The molecule has 9 nitrogen and oxygen atoms in total. The summed E-state index contributed by atoms with van der Waals surface area (Å²) >= 11 is 1.18. The van der Waals surface area contributed by atoms with E-state index in [2.05, 4.69) is 4.98 Å².